The lowest BCUT2D eigenvalue weighted by Crippen LogP contribution is -2.30. The topological polar surface area (TPSA) is 76.4 Å². The molecule has 2 amide bonds. The number of aromatic nitrogens is 1. The number of rotatable bonds is 5. The van der Waals surface area contributed by atoms with Crippen molar-refractivity contribution in [2.24, 2.45) is 0 Å². The van der Waals surface area contributed by atoms with Crippen LogP contribution < -0.4 is 15.4 Å². The summed E-state index contributed by atoms with van der Waals surface area (Å²) in [4.78, 5) is 11.5. The van der Waals surface area contributed by atoms with E-state index >= 15 is 0 Å². The molecule has 0 fully saturated rings. The molecule has 2 aromatic rings. The van der Waals surface area contributed by atoms with E-state index in [0.717, 1.165) is 11.3 Å². The highest BCUT2D eigenvalue weighted by Gasteiger charge is 2.05. The van der Waals surface area contributed by atoms with Crippen LogP contribution >= 0.6 is 0 Å². The molecular formula is C13H15N3O3. The van der Waals surface area contributed by atoms with E-state index < -0.39 is 0 Å². The van der Waals surface area contributed by atoms with Gasteiger partial charge in [-0.25, -0.2) is 4.79 Å². The fourth-order valence-electron chi connectivity index (χ4n) is 1.66. The highest BCUT2D eigenvalue weighted by molar-refractivity contribution is 5.87. The van der Waals surface area contributed by atoms with E-state index in [2.05, 4.69) is 15.8 Å². The number of urea groups is 1. The normalized spacial score (nSPS) is 9.95. The molecule has 0 bridgehead atoms. The molecule has 0 aliphatic carbocycles. The van der Waals surface area contributed by atoms with Gasteiger partial charge < -0.3 is 14.6 Å². The highest BCUT2D eigenvalue weighted by Crippen LogP contribution is 2.17. The van der Waals surface area contributed by atoms with E-state index in [1.807, 2.05) is 24.3 Å². The first-order valence-electron chi connectivity index (χ1n) is 5.87. The number of anilines is 1. The molecule has 19 heavy (non-hydrogen) atoms. The standard InChI is InChI=1S/C13H15N3O3/c1-18-11-5-3-2-4-10(11)6-8-14-13(17)16-12-7-9-15-19-12/h2-5,7,9H,6,8H2,1H3,(H2,14,16,17). The Morgan fingerprint density at radius 3 is 2.95 bits per heavy atom. The Morgan fingerprint density at radius 1 is 1.37 bits per heavy atom. The summed E-state index contributed by atoms with van der Waals surface area (Å²) >= 11 is 0. The molecule has 0 aliphatic heterocycles. The summed E-state index contributed by atoms with van der Waals surface area (Å²) in [6, 6.07) is 8.95. The summed E-state index contributed by atoms with van der Waals surface area (Å²) in [6.45, 7) is 0.500. The predicted octanol–water partition coefficient (Wildman–Crippen LogP) is 2.05. The van der Waals surface area contributed by atoms with Crippen molar-refractivity contribution in [2.45, 2.75) is 6.42 Å². The smallest absolute Gasteiger partial charge is 0.321 e. The molecule has 1 heterocycles. The third kappa shape index (κ3) is 3.74. The van der Waals surface area contributed by atoms with Crippen LogP contribution in [-0.4, -0.2) is 24.8 Å². The Hall–Kier alpha value is -2.50. The molecule has 2 rings (SSSR count). The SMILES string of the molecule is COc1ccccc1CCNC(=O)Nc1ccno1. The van der Waals surface area contributed by atoms with Gasteiger partial charge in [0.05, 0.1) is 13.3 Å². The molecular weight excluding hydrogens is 246 g/mol. The Morgan fingerprint density at radius 2 is 2.21 bits per heavy atom. The predicted molar refractivity (Wildman–Crippen MR) is 70.2 cm³/mol. The summed E-state index contributed by atoms with van der Waals surface area (Å²) in [6.07, 6.45) is 2.15. The van der Waals surface area contributed by atoms with Crippen molar-refractivity contribution >= 4 is 11.9 Å². The van der Waals surface area contributed by atoms with Crippen molar-refractivity contribution in [3.63, 3.8) is 0 Å². The van der Waals surface area contributed by atoms with Gasteiger partial charge in [-0.2, -0.15) is 0 Å². The number of hydrogen-bond donors (Lipinski definition) is 2. The average Bonchev–Trinajstić information content (AvgIpc) is 2.92. The summed E-state index contributed by atoms with van der Waals surface area (Å²) in [7, 11) is 1.63. The fraction of sp³-hybridized carbons (Fsp3) is 0.231. The Balaban J connectivity index is 1.78. The van der Waals surface area contributed by atoms with Crippen LogP contribution in [0.1, 0.15) is 5.56 Å². The first-order chi connectivity index (χ1) is 9.29. The minimum Gasteiger partial charge on any atom is -0.496 e. The van der Waals surface area contributed by atoms with E-state index in [-0.39, 0.29) is 6.03 Å². The lowest BCUT2D eigenvalue weighted by Gasteiger charge is -2.08. The quantitative estimate of drug-likeness (QED) is 0.863. The van der Waals surface area contributed by atoms with Crippen molar-refractivity contribution in [1.82, 2.24) is 10.5 Å². The molecule has 0 spiro atoms. The molecule has 6 nitrogen and oxygen atoms in total. The maximum Gasteiger partial charge on any atom is 0.321 e. The summed E-state index contributed by atoms with van der Waals surface area (Å²) < 4.78 is 10.00. The van der Waals surface area contributed by atoms with Crippen LogP contribution in [0.15, 0.2) is 41.1 Å². The molecule has 0 aliphatic rings. The molecule has 0 saturated carbocycles. The Kier molecular flexibility index (Phi) is 4.39. The zero-order valence-corrected chi connectivity index (χ0v) is 10.6. The molecule has 1 aromatic carbocycles. The lowest BCUT2D eigenvalue weighted by atomic mass is 10.1. The van der Waals surface area contributed by atoms with Crippen LogP contribution in [0.3, 0.4) is 0 Å². The molecule has 0 radical (unpaired) electrons. The second kappa shape index (κ2) is 6.44. The van der Waals surface area contributed by atoms with Gasteiger partial charge >= 0.3 is 6.03 Å². The zero-order chi connectivity index (χ0) is 13.5. The van der Waals surface area contributed by atoms with E-state index in [4.69, 9.17) is 9.26 Å². The van der Waals surface area contributed by atoms with E-state index in [1.54, 1.807) is 13.2 Å². The van der Waals surface area contributed by atoms with Crippen molar-refractivity contribution in [3.05, 3.63) is 42.1 Å². The third-order valence-corrected chi connectivity index (χ3v) is 2.55. The van der Waals surface area contributed by atoms with Gasteiger partial charge in [0.25, 0.3) is 0 Å². The first-order valence-corrected chi connectivity index (χ1v) is 5.87. The molecule has 0 atom stereocenters. The summed E-state index contributed by atoms with van der Waals surface area (Å²) in [5.74, 6) is 1.13. The number of benzene rings is 1. The van der Waals surface area contributed by atoms with Gasteiger partial charge in [-0.3, -0.25) is 5.32 Å². The number of carbonyl (C=O) groups excluding carboxylic acids is 1. The van der Waals surface area contributed by atoms with E-state index in [0.29, 0.717) is 18.8 Å². The first kappa shape index (κ1) is 12.9. The second-order valence-electron chi connectivity index (χ2n) is 3.82. The van der Waals surface area contributed by atoms with Crippen molar-refractivity contribution in [2.75, 3.05) is 19.0 Å². The van der Waals surface area contributed by atoms with Gasteiger partial charge in [-0.15, -0.1) is 0 Å². The molecule has 1 aromatic heterocycles. The monoisotopic (exact) mass is 261 g/mol. The van der Waals surface area contributed by atoms with Crippen LogP contribution in [-0.2, 0) is 6.42 Å². The number of carbonyl (C=O) groups is 1. The maximum atomic E-state index is 11.5. The van der Waals surface area contributed by atoms with E-state index in [9.17, 15) is 4.79 Å². The zero-order valence-electron chi connectivity index (χ0n) is 10.6. The molecule has 6 heteroatoms. The number of para-hydroxylation sites is 1. The van der Waals surface area contributed by atoms with Gasteiger partial charge in [0.2, 0.25) is 5.88 Å². The van der Waals surface area contributed by atoms with Gasteiger partial charge in [-0.1, -0.05) is 23.4 Å². The minimum absolute atomic E-state index is 0.315. The number of ether oxygens (including phenoxy) is 1. The number of nitrogens with zero attached hydrogens (tertiary/aromatic N) is 1. The van der Waals surface area contributed by atoms with Gasteiger partial charge in [0.15, 0.2) is 0 Å². The summed E-state index contributed by atoms with van der Waals surface area (Å²) in [5.41, 5.74) is 1.05. The molecule has 2 N–H and O–H groups in total. The highest BCUT2D eigenvalue weighted by atomic mass is 16.5. The van der Waals surface area contributed by atoms with Gasteiger partial charge in [0.1, 0.15) is 5.75 Å². The van der Waals surface area contributed by atoms with Crippen molar-refractivity contribution in [1.29, 1.82) is 0 Å². The molecule has 0 saturated heterocycles. The maximum absolute atomic E-state index is 11.5. The second-order valence-corrected chi connectivity index (χ2v) is 3.82. The number of amides is 2. The number of methoxy groups -OCH3 is 1. The van der Waals surface area contributed by atoms with Crippen molar-refractivity contribution < 1.29 is 14.1 Å². The minimum atomic E-state index is -0.327. The molecule has 0 unspecified atom stereocenters. The van der Waals surface area contributed by atoms with Crippen LogP contribution in [0, 0.1) is 0 Å². The Labute approximate surface area is 110 Å². The van der Waals surface area contributed by atoms with Crippen molar-refractivity contribution in [3.8, 4) is 5.75 Å². The van der Waals surface area contributed by atoms with Gasteiger partial charge in [-0.05, 0) is 18.1 Å². The largest absolute Gasteiger partial charge is 0.496 e. The lowest BCUT2D eigenvalue weighted by molar-refractivity contribution is 0.251. The van der Waals surface area contributed by atoms with Crippen LogP contribution in [0.25, 0.3) is 0 Å². The number of nitrogens with one attached hydrogen (secondary N) is 2. The Bertz CT molecular complexity index is 526. The van der Waals surface area contributed by atoms with E-state index in [1.165, 1.54) is 6.20 Å². The van der Waals surface area contributed by atoms with Crippen LogP contribution in [0.4, 0.5) is 10.7 Å². The summed E-state index contributed by atoms with van der Waals surface area (Å²) in [5, 5.41) is 8.75. The molecule has 100 valence electrons. The third-order valence-electron chi connectivity index (χ3n) is 2.55. The van der Waals surface area contributed by atoms with Gasteiger partial charge in [0, 0.05) is 12.6 Å². The number of hydrogen-bond acceptors (Lipinski definition) is 4. The van der Waals surface area contributed by atoms with Crippen LogP contribution in [0.5, 0.6) is 5.75 Å². The van der Waals surface area contributed by atoms with Crippen LogP contribution in [0.2, 0.25) is 0 Å². The average molecular weight is 261 g/mol. The fourth-order valence-corrected chi connectivity index (χ4v) is 1.66.